The normalized spacial score (nSPS) is 19.8. The third-order valence-corrected chi connectivity index (χ3v) is 17.1. The molecule has 2 rings (SSSR count). The summed E-state index contributed by atoms with van der Waals surface area (Å²) in [6.07, 6.45) is 30.9. The Hall–Kier alpha value is -3.54. The van der Waals surface area contributed by atoms with Gasteiger partial charge in [-0.15, -0.1) is 11.8 Å². The Morgan fingerprint density at radius 2 is 1.41 bits per heavy atom. The number of nitrogens with two attached hydrogens (primary N) is 2. The molecule has 10 N–H and O–H groups in total. The quantitative estimate of drug-likeness (QED) is 0.00989. The molecule has 10 atom stereocenters. The predicted molar refractivity (Wildman–Crippen MR) is 313 cm³/mol. The molecule has 1 saturated heterocycles. The summed E-state index contributed by atoms with van der Waals surface area (Å²) < 4.78 is 57.2. The lowest BCUT2D eigenvalue weighted by Crippen LogP contribution is -2.40. The van der Waals surface area contributed by atoms with E-state index in [1.807, 2.05) is 18.2 Å². The Kier molecular flexibility index (Phi) is 39.2. The number of unbranched alkanes of at least 4 members (excludes halogenated alkanes) is 17. The van der Waals surface area contributed by atoms with Gasteiger partial charge in [-0.05, 0) is 50.5 Å². The van der Waals surface area contributed by atoms with Gasteiger partial charge in [-0.1, -0.05) is 179 Å². The molecule has 22 nitrogen and oxygen atoms in total. The van der Waals surface area contributed by atoms with E-state index < -0.39 is 107 Å². The molecule has 0 amide bonds. The number of allylic oxidation sites excluding steroid dienone is 7. The van der Waals surface area contributed by atoms with Crippen LogP contribution in [0.15, 0.2) is 65.7 Å². The minimum absolute atomic E-state index is 0.0263. The van der Waals surface area contributed by atoms with Gasteiger partial charge in [-0.3, -0.25) is 28.0 Å². The number of nitrogen functional groups attached to an aromatic ring is 1. The van der Waals surface area contributed by atoms with Crippen LogP contribution in [-0.2, 0) is 51.1 Å². The number of anilines is 1. The molecule has 0 aromatic carbocycles. The van der Waals surface area contributed by atoms with E-state index in [-0.39, 0.29) is 37.3 Å². The molecular weight excluding hydrogens is 1110 g/mol. The van der Waals surface area contributed by atoms with Crippen molar-refractivity contribution in [3.8, 4) is 0 Å². The molecule has 2 unspecified atom stereocenters. The maximum atomic E-state index is 13.4. The summed E-state index contributed by atoms with van der Waals surface area (Å²) in [5, 5.41) is 40.6. The SMILES string of the molecule is CCCCC/C=C\C\C=C/C=C/C=C/[C@@H](SC[C@H](N)C(=O)O[C@H](COC(=O)CCCCCCCCCCCCCCCCCC(C)C)COP(=O)(O)OP(=O)(O)OC[C@H]1O[C@@H](n2ccc(N)nc2=O)[C@H](O)[C@@H]1O)[C@@H](O)CCCC(=O)O. The van der Waals surface area contributed by atoms with Gasteiger partial charge in [-0.25, -0.2) is 13.9 Å². The molecule has 0 radical (unpaired) electrons. The average Bonchev–Trinajstić information content (AvgIpc) is 3.87. The summed E-state index contributed by atoms with van der Waals surface area (Å²) in [7, 11) is -11.1. The van der Waals surface area contributed by atoms with Gasteiger partial charge in [-0.2, -0.15) is 9.29 Å². The van der Waals surface area contributed by atoms with Crippen molar-refractivity contribution in [2.75, 3.05) is 31.3 Å². The first-order valence-electron chi connectivity index (χ1n) is 28.9. The summed E-state index contributed by atoms with van der Waals surface area (Å²) in [4.78, 5) is 74.2. The van der Waals surface area contributed by atoms with E-state index in [9.17, 15) is 53.4 Å². The number of thioether (sulfide) groups is 1. The Bertz CT molecular complexity index is 2200. The van der Waals surface area contributed by atoms with Crippen LogP contribution < -0.4 is 17.2 Å². The van der Waals surface area contributed by atoms with Crippen molar-refractivity contribution < 1.29 is 81.3 Å². The first-order chi connectivity index (χ1) is 38.6. The zero-order valence-electron chi connectivity index (χ0n) is 47.9. The number of hydrogen-bond acceptors (Lipinski definition) is 19. The van der Waals surface area contributed by atoms with Crippen LogP contribution in [0.5, 0.6) is 0 Å². The van der Waals surface area contributed by atoms with Crippen LogP contribution in [0.1, 0.15) is 188 Å². The van der Waals surface area contributed by atoms with E-state index in [1.165, 1.54) is 76.7 Å². The van der Waals surface area contributed by atoms with E-state index in [0.29, 0.717) is 6.42 Å². The largest absolute Gasteiger partial charge is 0.481 e. The summed E-state index contributed by atoms with van der Waals surface area (Å²) in [6, 6.07) is -0.159. The number of carbonyl (C=O) groups excluding carboxylic acids is 2. The molecule has 1 aliphatic rings. The Balaban J connectivity index is 2.02. The highest BCUT2D eigenvalue weighted by Crippen LogP contribution is 2.60. The van der Waals surface area contributed by atoms with Crippen molar-refractivity contribution >= 4 is 51.1 Å². The second kappa shape index (κ2) is 43.1. The highest BCUT2D eigenvalue weighted by atomic mass is 32.2. The van der Waals surface area contributed by atoms with Crippen LogP contribution in [0.4, 0.5) is 5.82 Å². The maximum Gasteiger partial charge on any atom is 0.481 e. The van der Waals surface area contributed by atoms with Crippen molar-refractivity contribution in [3.63, 3.8) is 0 Å². The van der Waals surface area contributed by atoms with Gasteiger partial charge < -0.3 is 55.9 Å². The molecule has 2 heterocycles. The van der Waals surface area contributed by atoms with Crippen LogP contribution in [0.3, 0.4) is 0 Å². The number of phosphoric acid groups is 2. The first-order valence-corrected chi connectivity index (χ1v) is 33.0. The van der Waals surface area contributed by atoms with E-state index >= 15 is 0 Å². The molecule has 0 aliphatic carbocycles. The molecule has 1 aromatic rings. The van der Waals surface area contributed by atoms with Crippen LogP contribution in [-0.4, -0.2) is 125 Å². The molecule has 0 bridgehead atoms. The van der Waals surface area contributed by atoms with E-state index in [1.54, 1.807) is 18.2 Å². The molecule has 1 aliphatic heterocycles. The fourth-order valence-corrected chi connectivity index (χ4v) is 11.7. The Morgan fingerprint density at radius 1 is 0.790 bits per heavy atom. The second-order valence-electron chi connectivity index (χ2n) is 20.8. The van der Waals surface area contributed by atoms with Gasteiger partial charge in [0.15, 0.2) is 12.3 Å². The molecule has 25 heteroatoms. The van der Waals surface area contributed by atoms with E-state index in [4.69, 9.17) is 39.8 Å². The smallest absolute Gasteiger partial charge is 0.481 e. The molecule has 464 valence electrons. The number of aliphatic hydroxyl groups excluding tert-OH is 3. The molecule has 1 aromatic heterocycles. The van der Waals surface area contributed by atoms with Gasteiger partial charge >= 0.3 is 39.2 Å². The standard InChI is InChI=1S/C56H96N4O18P2S/c1-4-5-6-7-8-9-10-17-20-23-26-29-34-48(46(61)33-31-35-50(62)63)81-42-45(57)55(67)76-44(39-73-51(64)36-30-27-24-21-18-15-13-11-12-14-16-19-22-25-28-32-43(2)3)40-74-79(69,70)78-80(71,72)75-41-47-52(65)53(66)54(77-47)60-38-37-49(58)59-56(60)68/h8-9,17,20,23,26,29,34,37-38,43-48,52-54,61,65-66H,4-7,10-16,18-19,21-22,24-25,27-28,30-33,35-36,39-42,57H2,1-3H3,(H,62,63)(H,69,70)(H,71,72)(H2,58,59,68)/b9-8-,20-17-,26-23+,34-29+/t44-,45+,46+,47-,48-,52-,53-,54-/m1/s1. The number of rotatable bonds is 48. The van der Waals surface area contributed by atoms with Gasteiger partial charge in [0.05, 0.1) is 19.3 Å². The number of hydrogen-bond donors (Lipinski definition) is 8. The van der Waals surface area contributed by atoms with E-state index in [2.05, 4.69) is 42.2 Å². The first kappa shape index (κ1) is 73.6. The summed E-state index contributed by atoms with van der Waals surface area (Å²) in [6.45, 7) is 3.98. The number of esters is 2. The number of aliphatic hydroxyl groups is 3. The van der Waals surface area contributed by atoms with Crippen molar-refractivity contribution in [2.24, 2.45) is 11.7 Å². The molecule has 0 spiro atoms. The minimum Gasteiger partial charge on any atom is -0.481 e. The molecule has 0 saturated carbocycles. The summed E-state index contributed by atoms with van der Waals surface area (Å²) in [5.41, 5.74) is 10.8. The number of nitrogens with zero attached hydrogens (tertiary/aromatic N) is 2. The lowest BCUT2D eigenvalue weighted by Gasteiger charge is -2.23. The number of aliphatic carboxylic acids is 1. The molecule has 1 fully saturated rings. The number of ether oxygens (including phenoxy) is 3. The van der Waals surface area contributed by atoms with Gasteiger partial charge in [0.2, 0.25) is 0 Å². The third kappa shape index (κ3) is 35.4. The summed E-state index contributed by atoms with van der Waals surface area (Å²) in [5.74, 6) is -2.23. The van der Waals surface area contributed by atoms with Crippen molar-refractivity contribution in [1.29, 1.82) is 0 Å². The fourth-order valence-electron chi connectivity index (χ4n) is 8.45. The number of phosphoric ester groups is 2. The molecular formula is C56H96N4O18P2S. The van der Waals surface area contributed by atoms with Crippen LogP contribution in [0.25, 0.3) is 0 Å². The highest BCUT2D eigenvalue weighted by molar-refractivity contribution is 8.00. The lowest BCUT2D eigenvalue weighted by molar-refractivity contribution is -0.161. The fraction of sp³-hybridized carbons (Fsp3) is 0.732. The van der Waals surface area contributed by atoms with E-state index in [0.717, 1.165) is 86.2 Å². The van der Waals surface area contributed by atoms with Gasteiger partial charge in [0.1, 0.15) is 36.8 Å². The van der Waals surface area contributed by atoms with Crippen molar-refractivity contribution in [2.45, 2.75) is 229 Å². The number of carboxylic acids is 1. The maximum absolute atomic E-state index is 13.4. The predicted octanol–water partition coefficient (Wildman–Crippen LogP) is 9.68. The number of carbonyl (C=O) groups is 3. The number of carboxylic acid groups (broad SMARTS) is 1. The third-order valence-electron chi connectivity index (χ3n) is 13.1. The van der Waals surface area contributed by atoms with Crippen molar-refractivity contribution in [3.05, 3.63) is 71.4 Å². The Morgan fingerprint density at radius 3 is 2.02 bits per heavy atom. The van der Waals surface area contributed by atoms with Gasteiger partial charge in [0, 0.05) is 30.0 Å². The topological polar surface area (TPSA) is 349 Å². The zero-order valence-corrected chi connectivity index (χ0v) is 50.5. The van der Waals surface area contributed by atoms with Crippen LogP contribution in [0.2, 0.25) is 0 Å². The molecule has 81 heavy (non-hydrogen) atoms. The zero-order chi connectivity index (χ0) is 59.9. The second-order valence-corrected chi connectivity index (χ2v) is 25.1. The minimum atomic E-state index is -5.58. The lowest BCUT2D eigenvalue weighted by atomic mass is 10.0. The van der Waals surface area contributed by atoms with Gasteiger partial charge in [0.25, 0.3) is 0 Å². The Labute approximate surface area is 483 Å². The van der Waals surface area contributed by atoms with Crippen LogP contribution >= 0.6 is 27.4 Å². The average molecular weight is 1210 g/mol. The number of aromatic nitrogens is 2. The highest BCUT2D eigenvalue weighted by Gasteiger charge is 2.46. The van der Waals surface area contributed by atoms with Crippen molar-refractivity contribution in [1.82, 2.24) is 9.55 Å². The van der Waals surface area contributed by atoms with Crippen LogP contribution in [0, 0.1) is 5.92 Å². The summed E-state index contributed by atoms with van der Waals surface area (Å²) >= 11 is 1.09. The monoisotopic (exact) mass is 1210 g/mol.